The molecule has 0 unspecified atom stereocenters. The second-order valence-electron chi connectivity index (χ2n) is 6.82. The lowest BCUT2D eigenvalue weighted by molar-refractivity contribution is 0.414. The Morgan fingerprint density at radius 2 is 1.92 bits per heavy atom. The predicted molar refractivity (Wildman–Crippen MR) is 107 cm³/mol. The number of hydrogen-bond donors (Lipinski definition) is 0. The third-order valence-electron chi connectivity index (χ3n) is 5.09. The first-order valence-corrected chi connectivity index (χ1v) is 9.22. The van der Waals surface area contributed by atoms with E-state index in [1.54, 1.807) is 7.11 Å². The van der Waals surface area contributed by atoms with Gasteiger partial charge in [-0.15, -0.1) is 0 Å². The van der Waals surface area contributed by atoms with Crippen molar-refractivity contribution in [1.82, 2.24) is 9.38 Å². The number of rotatable bonds is 5. The van der Waals surface area contributed by atoms with Gasteiger partial charge in [0.1, 0.15) is 11.4 Å². The van der Waals surface area contributed by atoms with Gasteiger partial charge in [-0.3, -0.25) is 0 Å². The van der Waals surface area contributed by atoms with Crippen molar-refractivity contribution in [2.75, 3.05) is 7.11 Å². The maximum atomic E-state index is 5.35. The second kappa shape index (κ2) is 6.83. The quantitative estimate of drug-likeness (QED) is 0.488. The van der Waals surface area contributed by atoms with Crippen LogP contribution in [0.4, 0.5) is 0 Å². The summed E-state index contributed by atoms with van der Waals surface area (Å²) >= 11 is 0. The van der Waals surface area contributed by atoms with E-state index in [4.69, 9.17) is 9.72 Å². The van der Waals surface area contributed by atoms with Crippen LogP contribution in [-0.4, -0.2) is 16.5 Å². The van der Waals surface area contributed by atoms with Gasteiger partial charge in [-0.05, 0) is 48.1 Å². The molecule has 0 spiro atoms. The van der Waals surface area contributed by atoms with Gasteiger partial charge in [-0.1, -0.05) is 43.7 Å². The van der Waals surface area contributed by atoms with Gasteiger partial charge >= 0.3 is 0 Å². The Morgan fingerprint density at radius 1 is 1.08 bits per heavy atom. The molecule has 0 fully saturated rings. The van der Waals surface area contributed by atoms with E-state index in [-0.39, 0.29) is 0 Å². The Labute approximate surface area is 154 Å². The van der Waals surface area contributed by atoms with Crippen molar-refractivity contribution in [2.24, 2.45) is 0 Å². The summed E-state index contributed by atoms with van der Waals surface area (Å²) in [6, 6.07) is 17.0. The fourth-order valence-corrected chi connectivity index (χ4v) is 3.66. The fraction of sp³-hybridized carbons (Fsp3) is 0.261. The summed E-state index contributed by atoms with van der Waals surface area (Å²) in [5.74, 6) is 0.907. The van der Waals surface area contributed by atoms with Crippen molar-refractivity contribution in [3.8, 4) is 5.75 Å². The maximum Gasteiger partial charge on any atom is 0.145 e. The highest BCUT2D eigenvalue weighted by Crippen LogP contribution is 2.26. The predicted octanol–water partition coefficient (Wildman–Crippen LogP) is 5.35. The summed E-state index contributed by atoms with van der Waals surface area (Å²) in [5, 5.41) is 2.45. The van der Waals surface area contributed by atoms with Crippen LogP contribution < -0.4 is 4.74 Å². The minimum Gasteiger partial charge on any atom is -0.497 e. The summed E-state index contributed by atoms with van der Waals surface area (Å²) in [7, 11) is 1.71. The largest absolute Gasteiger partial charge is 0.497 e. The van der Waals surface area contributed by atoms with Crippen LogP contribution in [0.1, 0.15) is 35.9 Å². The highest BCUT2D eigenvalue weighted by molar-refractivity contribution is 5.94. The minimum atomic E-state index is 0.880. The van der Waals surface area contributed by atoms with Gasteiger partial charge in [0.05, 0.1) is 18.5 Å². The Kier molecular flexibility index (Phi) is 4.37. The molecular formula is C23H24N2O. The van der Waals surface area contributed by atoms with Gasteiger partial charge in [0.15, 0.2) is 0 Å². The summed E-state index contributed by atoms with van der Waals surface area (Å²) in [6.45, 7) is 4.36. The van der Waals surface area contributed by atoms with Crippen LogP contribution >= 0.6 is 0 Å². The molecule has 3 heteroatoms. The summed E-state index contributed by atoms with van der Waals surface area (Å²) in [5.41, 5.74) is 6.13. The summed E-state index contributed by atoms with van der Waals surface area (Å²) in [6.07, 6.45) is 5.14. The van der Waals surface area contributed by atoms with Crippen molar-refractivity contribution < 1.29 is 4.74 Å². The lowest BCUT2D eigenvalue weighted by atomic mass is 10.0. The molecule has 0 atom stereocenters. The molecule has 0 aliphatic carbocycles. The van der Waals surface area contributed by atoms with Crippen LogP contribution in [-0.2, 0) is 12.8 Å². The molecule has 3 nitrogen and oxygen atoms in total. The molecule has 0 aliphatic heterocycles. The maximum absolute atomic E-state index is 5.35. The molecule has 0 amide bonds. The van der Waals surface area contributed by atoms with Crippen LogP contribution in [0.3, 0.4) is 0 Å². The number of nitrogens with zero attached hydrogens (tertiary/aromatic N) is 2. The first-order valence-electron chi connectivity index (χ1n) is 9.22. The number of imidazole rings is 1. The first kappa shape index (κ1) is 16.6. The van der Waals surface area contributed by atoms with E-state index in [0.717, 1.165) is 30.7 Å². The van der Waals surface area contributed by atoms with Crippen LogP contribution in [0.5, 0.6) is 5.75 Å². The lowest BCUT2D eigenvalue weighted by Gasteiger charge is -2.10. The van der Waals surface area contributed by atoms with Crippen LogP contribution in [0.25, 0.3) is 16.4 Å². The lowest BCUT2D eigenvalue weighted by Crippen LogP contribution is -2.00. The van der Waals surface area contributed by atoms with Gasteiger partial charge in [0, 0.05) is 18.0 Å². The molecule has 0 aliphatic rings. The van der Waals surface area contributed by atoms with E-state index in [1.165, 1.54) is 33.3 Å². The monoisotopic (exact) mass is 344 g/mol. The Hall–Kier alpha value is -2.81. The fourth-order valence-electron chi connectivity index (χ4n) is 3.66. The van der Waals surface area contributed by atoms with Crippen LogP contribution in [0.15, 0.2) is 54.7 Å². The van der Waals surface area contributed by atoms with Gasteiger partial charge in [-0.25, -0.2) is 4.98 Å². The standard InChI is InChI=1S/C23H24N2O/c1-4-7-21-22(15-18-10-11-19(26-3)14-16(18)2)25-13-12-17-8-5-6-9-20(17)23(25)24-21/h5-6,8-14H,4,7,15H2,1-3H3. The topological polar surface area (TPSA) is 26.5 Å². The minimum absolute atomic E-state index is 0.880. The van der Waals surface area contributed by atoms with Crippen LogP contribution in [0.2, 0.25) is 0 Å². The summed E-state index contributed by atoms with van der Waals surface area (Å²) in [4.78, 5) is 5.03. The second-order valence-corrected chi connectivity index (χ2v) is 6.82. The summed E-state index contributed by atoms with van der Waals surface area (Å²) < 4.78 is 7.62. The molecule has 4 aromatic rings. The third kappa shape index (κ3) is 2.84. The van der Waals surface area contributed by atoms with Crippen LogP contribution in [0, 0.1) is 6.92 Å². The van der Waals surface area contributed by atoms with Crippen molar-refractivity contribution in [2.45, 2.75) is 33.1 Å². The average Bonchev–Trinajstić information content (AvgIpc) is 3.01. The average molecular weight is 344 g/mol. The number of methoxy groups -OCH3 is 1. The SMILES string of the molecule is CCCc1nc2c3ccccc3ccn2c1Cc1ccc(OC)cc1C. The normalized spacial score (nSPS) is 11.3. The van der Waals surface area contributed by atoms with E-state index in [2.05, 4.69) is 66.9 Å². The number of aromatic nitrogens is 2. The zero-order valence-corrected chi connectivity index (χ0v) is 15.6. The van der Waals surface area contributed by atoms with E-state index < -0.39 is 0 Å². The molecule has 0 saturated carbocycles. The third-order valence-corrected chi connectivity index (χ3v) is 5.09. The molecule has 0 radical (unpaired) electrons. The first-order chi connectivity index (χ1) is 12.7. The Morgan fingerprint density at radius 3 is 2.69 bits per heavy atom. The number of fused-ring (bicyclic) bond motifs is 3. The number of hydrogen-bond acceptors (Lipinski definition) is 2. The zero-order valence-electron chi connectivity index (χ0n) is 15.6. The smallest absolute Gasteiger partial charge is 0.145 e. The van der Waals surface area contributed by atoms with Gasteiger partial charge < -0.3 is 9.14 Å². The molecular weight excluding hydrogens is 320 g/mol. The van der Waals surface area contributed by atoms with E-state index in [9.17, 15) is 0 Å². The van der Waals surface area contributed by atoms with Crippen molar-refractivity contribution >= 4 is 16.4 Å². The van der Waals surface area contributed by atoms with E-state index in [0.29, 0.717) is 0 Å². The van der Waals surface area contributed by atoms with E-state index >= 15 is 0 Å². The van der Waals surface area contributed by atoms with E-state index in [1.807, 2.05) is 6.07 Å². The Bertz CT molecular complexity index is 1080. The molecule has 2 heterocycles. The Balaban J connectivity index is 1.87. The van der Waals surface area contributed by atoms with Crippen molar-refractivity contribution in [1.29, 1.82) is 0 Å². The number of aryl methyl sites for hydroxylation is 2. The molecule has 2 aromatic carbocycles. The molecule has 0 saturated heterocycles. The number of ether oxygens (including phenoxy) is 1. The molecule has 4 rings (SSSR count). The van der Waals surface area contributed by atoms with Crippen molar-refractivity contribution in [3.63, 3.8) is 0 Å². The highest BCUT2D eigenvalue weighted by Gasteiger charge is 2.15. The highest BCUT2D eigenvalue weighted by atomic mass is 16.5. The molecule has 132 valence electrons. The van der Waals surface area contributed by atoms with Crippen molar-refractivity contribution in [3.05, 3.63) is 77.2 Å². The molecule has 26 heavy (non-hydrogen) atoms. The van der Waals surface area contributed by atoms with Gasteiger partial charge in [0.2, 0.25) is 0 Å². The molecule has 0 N–H and O–H groups in total. The molecule has 2 aromatic heterocycles. The number of pyridine rings is 1. The zero-order chi connectivity index (χ0) is 18.1. The number of benzene rings is 2. The van der Waals surface area contributed by atoms with Gasteiger partial charge in [-0.2, -0.15) is 0 Å². The molecule has 0 bridgehead atoms. The van der Waals surface area contributed by atoms with Gasteiger partial charge in [0.25, 0.3) is 0 Å².